The van der Waals surface area contributed by atoms with E-state index in [-0.39, 0.29) is 0 Å². The number of benzene rings is 1. The van der Waals surface area contributed by atoms with Crippen molar-refractivity contribution >= 4 is 0 Å². The second-order valence-electron chi connectivity index (χ2n) is 2.71. The number of allylic oxidation sites excluding steroid dienone is 1. The van der Waals surface area contributed by atoms with E-state index in [2.05, 4.69) is 37.3 Å². The molecule has 0 amide bonds. The van der Waals surface area contributed by atoms with Gasteiger partial charge in [-0.15, -0.1) is 0 Å². The van der Waals surface area contributed by atoms with Crippen molar-refractivity contribution in [1.29, 1.82) is 0 Å². The predicted octanol–water partition coefficient (Wildman–Crippen LogP) is 2.26. The minimum absolute atomic E-state index is 1.07. The first-order chi connectivity index (χ1) is 4.86. The Morgan fingerprint density at radius 2 is 2.30 bits per heavy atom. The summed E-state index contributed by atoms with van der Waals surface area (Å²) in [5, 5.41) is 0. The van der Waals surface area contributed by atoms with Crippen LogP contribution in [-0.2, 0) is 6.42 Å². The Bertz CT molecular complexity index is 282. The molecule has 0 spiro atoms. The van der Waals surface area contributed by atoms with Gasteiger partial charge < -0.3 is 0 Å². The van der Waals surface area contributed by atoms with Gasteiger partial charge in [0, 0.05) is 0 Å². The van der Waals surface area contributed by atoms with Gasteiger partial charge in [-0.1, -0.05) is 29.8 Å². The summed E-state index contributed by atoms with van der Waals surface area (Å²) in [5.41, 5.74) is 4.03. The second-order valence-corrected chi connectivity index (χ2v) is 2.71. The van der Waals surface area contributed by atoms with Gasteiger partial charge in [0.15, 0.2) is 0 Å². The van der Waals surface area contributed by atoms with Crippen molar-refractivity contribution in [3.63, 3.8) is 0 Å². The summed E-state index contributed by atoms with van der Waals surface area (Å²) in [7, 11) is 0. The molecule has 0 atom stereocenters. The zero-order valence-corrected chi connectivity index (χ0v) is 6.02. The topological polar surface area (TPSA) is 0 Å². The summed E-state index contributed by atoms with van der Waals surface area (Å²) in [4.78, 5) is 0. The van der Waals surface area contributed by atoms with E-state index in [0.29, 0.717) is 0 Å². The molecule has 10 heavy (non-hydrogen) atoms. The van der Waals surface area contributed by atoms with Crippen LogP contribution in [0.4, 0.5) is 0 Å². The van der Waals surface area contributed by atoms with Crippen molar-refractivity contribution in [3.8, 4) is 0 Å². The molecule has 1 radical (unpaired) electrons. The van der Waals surface area contributed by atoms with Crippen LogP contribution in [0.15, 0.2) is 24.3 Å². The Balaban J connectivity index is 2.59. The standard InChI is InChI=1S/C10H9/c1-8-5-6-9-3-2-4-10(9)7-8/h2,5-7H,4H2,1H3. The van der Waals surface area contributed by atoms with Gasteiger partial charge in [-0.3, -0.25) is 0 Å². The molecule has 1 aromatic carbocycles. The molecular formula is C10H9. The molecular weight excluding hydrogens is 120 g/mol. The molecule has 0 bridgehead atoms. The van der Waals surface area contributed by atoms with Crippen LogP contribution < -0.4 is 0 Å². The average molecular weight is 129 g/mol. The first-order valence-electron chi connectivity index (χ1n) is 3.54. The van der Waals surface area contributed by atoms with E-state index in [1.54, 1.807) is 0 Å². The first kappa shape index (κ1) is 5.72. The normalized spacial score (nSPS) is 13.7. The molecule has 1 aliphatic carbocycles. The summed E-state index contributed by atoms with van der Waals surface area (Å²) in [6.45, 7) is 2.12. The lowest BCUT2D eigenvalue weighted by Gasteiger charge is -1.97. The highest BCUT2D eigenvalue weighted by Crippen LogP contribution is 2.17. The van der Waals surface area contributed by atoms with Crippen molar-refractivity contribution in [2.45, 2.75) is 13.3 Å². The molecule has 0 heterocycles. The summed E-state index contributed by atoms with van der Waals surface area (Å²) in [6.07, 6.45) is 6.36. The highest BCUT2D eigenvalue weighted by molar-refractivity contribution is 5.40. The van der Waals surface area contributed by atoms with Crippen LogP contribution in [-0.4, -0.2) is 0 Å². The van der Waals surface area contributed by atoms with Gasteiger partial charge in [-0.2, -0.15) is 0 Å². The van der Waals surface area contributed by atoms with Crippen molar-refractivity contribution in [3.05, 3.63) is 47.0 Å². The van der Waals surface area contributed by atoms with Crippen molar-refractivity contribution < 1.29 is 0 Å². The van der Waals surface area contributed by atoms with E-state index in [1.807, 2.05) is 0 Å². The van der Waals surface area contributed by atoms with Crippen LogP contribution in [0, 0.1) is 13.0 Å². The van der Waals surface area contributed by atoms with Crippen LogP contribution in [0.2, 0.25) is 0 Å². The molecule has 2 rings (SSSR count). The monoisotopic (exact) mass is 129 g/mol. The Morgan fingerprint density at radius 3 is 3.20 bits per heavy atom. The zero-order valence-electron chi connectivity index (χ0n) is 6.02. The molecule has 1 aromatic rings. The summed E-state index contributed by atoms with van der Waals surface area (Å²) >= 11 is 0. The number of aryl methyl sites for hydroxylation is 1. The Morgan fingerprint density at radius 1 is 1.40 bits per heavy atom. The molecule has 0 heteroatoms. The van der Waals surface area contributed by atoms with Gasteiger partial charge in [-0.25, -0.2) is 0 Å². The molecule has 0 fully saturated rings. The third-order valence-electron chi connectivity index (χ3n) is 1.84. The molecule has 0 aromatic heterocycles. The lowest BCUT2D eigenvalue weighted by atomic mass is 10.1. The first-order valence-corrected chi connectivity index (χ1v) is 3.54. The molecule has 0 nitrogen and oxygen atoms in total. The molecule has 1 aliphatic rings. The molecule has 0 unspecified atom stereocenters. The summed E-state index contributed by atoms with van der Waals surface area (Å²) in [5.74, 6) is 0. The smallest absolute Gasteiger partial charge is 0.00818 e. The Kier molecular flexibility index (Phi) is 1.13. The Labute approximate surface area is 61.2 Å². The van der Waals surface area contributed by atoms with Crippen LogP contribution in [0.3, 0.4) is 0 Å². The molecule has 0 aliphatic heterocycles. The van der Waals surface area contributed by atoms with E-state index in [9.17, 15) is 0 Å². The third-order valence-corrected chi connectivity index (χ3v) is 1.84. The molecule has 0 saturated heterocycles. The van der Waals surface area contributed by atoms with Crippen molar-refractivity contribution in [1.82, 2.24) is 0 Å². The summed E-state index contributed by atoms with van der Waals surface area (Å²) < 4.78 is 0. The van der Waals surface area contributed by atoms with Crippen molar-refractivity contribution in [2.24, 2.45) is 0 Å². The Hall–Kier alpha value is -1.04. The fourth-order valence-electron chi connectivity index (χ4n) is 1.30. The SMILES string of the molecule is Cc1ccc2c(c1)CC=[C]2. The molecule has 0 N–H and O–H groups in total. The summed E-state index contributed by atoms with van der Waals surface area (Å²) in [6, 6.07) is 6.49. The number of hydrogen-bond acceptors (Lipinski definition) is 0. The van der Waals surface area contributed by atoms with Crippen LogP contribution in [0.5, 0.6) is 0 Å². The van der Waals surface area contributed by atoms with E-state index < -0.39 is 0 Å². The number of rotatable bonds is 0. The lowest BCUT2D eigenvalue weighted by Crippen LogP contribution is -1.81. The maximum absolute atomic E-state index is 3.20. The maximum atomic E-state index is 3.20. The van der Waals surface area contributed by atoms with Crippen molar-refractivity contribution in [2.75, 3.05) is 0 Å². The quantitative estimate of drug-likeness (QED) is 0.504. The minimum atomic E-state index is 1.07. The molecule has 0 saturated carbocycles. The van der Waals surface area contributed by atoms with Gasteiger partial charge in [0.1, 0.15) is 0 Å². The van der Waals surface area contributed by atoms with Crippen LogP contribution >= 0.6 is 0 Å². The zero-order chi connectivity index (χ0) is 6.97. The lowest BCUT2D eigenvalue weighted by molar-refractivity contribution is 1.28. The molecule has 49 valence electrons. The minimum Gasteiger partial charge on any atom is -0.0716 e. The highest BCUT2D eigenvalue weighted by Gasteiger charge is 2.03. The number of fused-ring (bicyclic) bond motifs is 1. The number of hydrogen-bond donors (Lipinski definition) is 0. The van der Waals surface area contributed by atoms with Crippen LogP contribution in [0.1, 0.15) is 16.7 Å². The van der Waals surface area contributed by atoms with Gasteiger partial charge in [0.25, 0.3) is 0 Å². The van der Waals surface area contributed by atoms with E-state index in [4.69, 9.17) is 0 Å². The van der Waals surface area contributed by atoms with E-state index in [1.165, 1.54) is 16.7 Å². The van der Waals surface area contributed by atoms with E-state index >= 15 is 0 Å². The second kappa shape index (κ2) is 1.98. The fourth-order valence-corrected chi connectivity index (χ4v) is 1.30. The van der Waals surface area contributed by atoms with Crippen LogP contribution in [0.25, 0.3) is 0 Å². The average Bonchev–Trinajstić information content (AvgIpc) is 2.33. The predicted molar refractivity (Wildman–Crippen MR) is 41.8 cm³/mol. The van der Waals surface area contributed by atoms with Gasteiger partial charge in [0.2, 0.25) is 0 Å². The highest BCUT2D eigenvalue weighted by atomic mass is 14.1. The van der Waals surface area contributed by atoms with Gasteiger partial charge >= 0.3 is 0 Å². The fraction of sp³-hybridized carbons (Fsp3) is 0.200. The largest absolute Gasteiger partial charge is 0.0716 e. The van der Waals surface area contributed by atoms with Gasteiger partial charge in [0.05, 0.1) is 0 Å². The third kappa shape index (κ3) is 0.766. The van der Waals surface area contributed by atoms with Gasteiger partial charge in [-0.05, 0) is 30.5 Å². The maximum Gasteiger partial charge on any atom is -0.00818 e. The van der Waals surface area contributed by atoms with E-state index in [0.717, 1.165) is 6.42 Å².